The number of halogens is 1. The van der Waals surface area contributed by atoms with Crippen LogP contribution in [0.25, 0.3) is 0 Å². The van der Waals surface area contributed by atoms with Gasteiger partial charge in [-0.1, -0.05) is 16.8 Å². The summed E-state index contributed by atoms with van der Waals surface area (Å²) in [6.45, 7) is 0. The van der Waals surface area contributed by atoms with Crippen molar-refractivity contribution in [3.8, 4) is 0 Å². The van der Waals surface area contributed by atoms with Gasteiger partial charge in [-0.05, 0) is 31.4 Å². The Kier molecular flexibility index (Phi) is 3.88. The number of carbonyl (C=O) groups is 1. The molecule has 0 bridgehead atoms. The number of amides is 1. The molecule has 0 spiro atoms. The number of hydrogen-bond donors (Lipinski definition) is 1. The highest BCUT2D eigenvalue weighted by Crippen LogP contribution is 2.24. The molecule has 0 aromatic carbocycles. The quantitative estimate of drug-likeness (QED) is 0.911. The van der Waals surface area contributed by atoms with Crippen molar-refractivity contribution >= 4 is 27.5 Å². The van der Waals surface area contributed by atoms with E-state index in [9.17, 15) is 13.2 Å². The lowest BCUT2D eigenvalue weighted by Crippen LogP contribution is -2.32. The second kappa shape index (κ2) is 5.69. The fourth-order valence-corrected chi connectivity index (χ4v) is 3.30. The van der Waals surface area contributed by atoms with Gasteiger partial charge >= 0.3 is 0 Å². The van der Waals surface area contributed by atoms with E-state index in [1.807, 2.05) is 4.72 Å². The van der Waals surface area contributed by atoms with Gasteiger partial charge in [-0.25, -0.2) is 9.71 Å². The third-order valence-corrected chi connectivity index (χ3v) is 4.84. The van der Waals surface area contributed by atoms with E-state index >= 15 is 0 Å². The summed E-state index contributed by atoms with van der Waals surface area (Å²) in [5.74, 6) is -0.165. The van der Waals surface area contributed by atoms with Crippen molar-refractivity contribution in [3.05, 3.63) is 40.4 Å². The van der Waals surface area contributed by atoms with Gasteiger partial charge in [0.05, 0.1) is 5.02 Å². The van der Waals surface area contributed by atoms with Gasteiger partial charge in [-0.15, -0.1) is 0 Å². The van der Waals surface area contributed by atoms with Gasteiger partial charge in [-0.3, -0.25) is 4.79 Å². The molecule has 3 rings (SSSR count). The van der Waals surface area contributed by atoms with Crippen molar-refractivity contribution in [2.24, 2.45) is 0 Å². The maximum atomic E-state index is 12.2. The zero-order chi connectivity index (χ0) is 15.7. The standard InChI is InChI=1S/C13H12ClN3O4S/c14-8-5-6-11(15-7-8)22(19,20)17-13(18)12-9-3-1-2-4-10(9)21-16-12/h5-7H,1-4H2,(H,17,18). The number of nitrogens with one attached hydrogen (secondary N) is 1. The van der Waals surface area contributed by atoms with Crippen LogP contribution in [0.1, 0.15) is 34.7 Å². The molecule has 0 atom stereocenters. The summed E-state index contributed by atoms with van der Waals surface area (Å²) < 4.78 is 31.3. The van der Waals surface area contributed by atoms with Crippen molar-refractivity contribution in [1.29, 1.82) is 0 Å². The van der Waals surface area contributed by atoms with E-state index in [-0.39, 0.29) is 10.7 Å². The number of rotatable bonds is 3. The van der Waals surface area contributed by atoms with Crippen LogP contribution < -0.4 is 4.72 Å². The van der Waals surface area contributed by atoms with Gasteiger partial charge in [0.15, 0.2) is 10.7 Å². The van der Waals surface area contributed by atoms with Gasteiger partial charge in [0.2, 0.25) is 0 Å². The Morgan fingerprint density at radius 1 is 1.27 bits per heavy atom. The number of hydrogen-bond acceptors (Lipinski definition) is 6. The van der Waals surface area contributed by atoms with Crippen LogP contribution in [0.2, 0.25) is 5.02 Å². The molecule has 2 heterocycles. The lowest BCUT2D eigenvalue weighted by atomic mass is 9.96. The highest BCUT2D eigenvalue weighted by molar-refractivity contribution is 7.90. The van der Waals surface area contributed by atoms with E-state index in [0.717, 1.165) is 12.8 Å². The number of fused-ring (bicyclic) bond motifs is 1. The molecule has 116 valence electrons. The molecule has 7 nitrogen and oxygen atoms in total. The van der Waals surface area contributed by atoms with E-state index in [2.05, 4.69) is 10.1 Å². The molecule has 0 unspecified atom stereocenters. The first-order valence-corrected chi connectivity index (χ1v) is 8.49. The van der Waals surface area contributed by atoms with Crippen LogP contribution in [0.4, 0.5) is 0 Å². The molecule has 0 fully saturated rings. The predicted molar refractivity (Wildman–Crippen MR) is 77.0 cm³/mol. The van der Waals surface area contributed by atoms with E-state index in [0.29, 0.717) is 29.2 Å². The minimum Gasteiger partial charge on any atom is -0.360 e. The van der Waals surface area contributed by atoms with Crippen molar-refractivity contribution in [3.63, 3.8) is 0 Å². The van der Waals surface area contributed by atoms with Crippen LogP contribution >= 0.6 is 11.6 Å². The molecular weight excluding hydrogens is 330 g/mol. The number of aryl methyl sites for hydroxylation is 1. The average molecular weight is 342 g/mol. The Morgan fingerprint density at radius 2 is 2.05 bits per heavy atom. The van der Waals surface area contributed by atoms with Gasteiger partial charge in [0, 0.05) is 18.2 Å². The van der Waals surface area contributed by atoms with Crippen molar-refractivity contribution in [2.45, 2.75) is 30.7 Å². The first-order valence-electron chi connectivity index (χ1n) is 6.63. The number of pyridine rings is 1. The van der Waals surface area contributed by atoms with Gasteiger partial charge in [0.1, 0.15) is 5.76 Å². The summed E-state index contributed by atoms with van der Waals surface area (Å²) in [7, 11) is -4.08. The molecule has 0 saturated heterocycles. The Hall–Kier alpha value is -1.93. The minimum absolute atomic E-state index is 0.0206. The maximum Gasteiger partial charge on any atom is 0.287 e. The van der Waals surface area contributed by atoms with Crippen molar-refractivity contribution < 1.29 is 17.7 Å². The van der Waals surface area contributed by atoms with Crippen LogP contribution in [0, 0.1) is 0 Å². The summed E-state index contributed by atoms with van der Waals surface area (Å²) in [6, 6.07) is 2.60. The molecule has 2 aromatic rings. The number of carbonyl (C=O) groups excluding carboxylic acids is 1. The van der Waals surface area contributed by atoms with Crippen LogP contribution in [-0.2, 0) is 22.9 Å². The summed E-state index contributed by atoms with van der Waals surface area (Å²) in [5.41, 5.74) is 0.704. The first-order chi connectivity index (χ1) is 10.5. The smallest absolute Gasteiger partial charge is 0.287 e. The summed E-state index contributed by atoms with van der Waals surface area (Å²) >= 11 is 5.66. The molecule has 1 aliphatic carbocycles. The maximum absolute atomic E-state index is 12.2. The lowest BCUT2D eigenvalue weighted by Gasteiger charge is -2.09. The van der Waals surface area contributed by atoms with Crippen LogP contribution in [0.15, 0.2) is 27.9 Å². The molecule has 1 aliphatic rings. The van der Waals surface area contributed by atoms with Gasteiger partial charge in [0.25, 0.3) is 15.9 Å². The highest BCUT2D eigenvalue weighted by atomic mass is 35.5. The molecule has 0 aliphatic heterocycles. The molecule has 1 amide bonds. The van der Waals surface area contributed by atoms with Gasteiger partial charge < -0.3 is 4.52 Å². The number of sulfonamides is 1. The molecule has 22 heavy (non-hydrogen) atoms. The van der Waals surface area contributed by atoms with Crippen molar-refractivity contribution in [2.75, 3.05) is 0 Å². The molecule has 0 radical (unpaired) electrons. The summed E-state index contributed by atoms with van der Waals surface area (Å²) in [6.07, 6.45) is 4.44. The van der Waals surface area contributed by atoms with E-state index in [1.54, 1.807) is 0 Å². The van der Waals surface area contributed by atoms with Crippen LogP contribution in [0.5, 0.6) is 0 Å². The topological polar surface area (TPSA) is 102 Å². The SMILES string of the molecule is O=C(NS(=O)(=O)c1ccc(Cl)cn1)c1noc2c1CCCC2. The summed E-state index contributed by atoms with van der Waals surface area (Å²) in [4.78, 5) is 15.9. The molecule has 0 saturated carbocycles. The van der Waals surface area contributed by atoms with Crippen LogP contribution in [0.3, 0.4) is 0 Å². The van der Waals surface area contributed by atoms with Crippen molar-refractivity contribution in [1.82, 2.24) is 14.9 Å². The Morgan fingerprint density at radius 3 is 2.77 bits per heavy atom. The zero-order valence-corrected chi connectivity index (χ0v) is 12.9. The third kappa shape index (κ3) is 2.84. The second-order valence-electron chi connectivity index (χ2n) is 4.89. The van der Waals surface area contributed by atoms with E-state index in [4.69, 9.17) is 16.1 Å². The normalized spacial score (nSPS) is 14.4. The van der Waals surface area contributed by atoms with Gasteiger partial charge in [-0.2, -0.15) is 8.42 Å². The molecular formula is C13H12ClN3O4S. The summed E-state index contributed by atoms with van der Waals surface area (Å²) in [5, 5.41) is 3.71. The van der Waals surface area contributed by atoms with E-state index in [1.165, 1.54) is 18.3 Å². The largest absolute Gasteiger partial charge is 0.360 e. The molecule has 1 N–H and O–H groups in total. The predicted octanol–water partition coefficient (Wildman–Crippen LogP) is 1.72. The zero-order valence-electron chi connectivity index (χ0n) is 11.4. The molecule has 2 aromatic heterocycles. The third-order valence-electron chi connectivity index (χ3n) is 3.37. The van der Waals surface area contributed by atoms with E-state index < -0.39 is 15.9 Å². The lowest BCUT2D eigenvalue weighted by molar-refractivity contribution is 0.0971. The number of aromatic nitrogens is 2. The Bertz CT molecular complexity index is 814. The average Bonchev–Trinajstić information content (AvgIpc) is 2.91. The highest BCUT2D eigenvalue weighted by Gasteiger charge is 2.27. The number of nitrogens with zero attached hydrogens (tertiary/aromatic N) is 2. The Balaban J connectivity index is 1.84. The first kappa shape index (κ1) is 15.0. The fourth-order valence-electron chi connectivity index (χ4n) is 2.31. The molecule has 9 heteroatoms. The van der Waals surface area contributed by atoms with Crippen LogP contribution in [-0.4, -0.2) is 24.5 Å². The fraction of sp³-hybridized carbons (Fsp3) is 0.308. The second-order valence-corrected chi connectivity index (χ2v) is 6.96. The minimum atomic E-state index is -4.08. The monoisotopic (exact) mass is 341 g/mol. The Labute approximate surface area is 131 Å².